The predicted molar refractivity (Wildman–Crippen MR) is 89.8 cm³/mol. The summed E-state index contributed by atoms with van der Waals surface area (Å²) in [5.41, 5.74) is 0. The number of hydrogen-bond acceptors (Lipinski definition) is 3. The van der Waals surface area contributed by atoms with Crippen LogP contribution in [0.2, 0.25) is 0 Å². The number of carboxylic acid groups (broad SMARTS) is 1. The number of carboxylic acids is 1. The third kappa shape index (κ3) is 15.3. The fourth-order valence-corrected chi connectivity index (χ4v) is 2.13. The van der Waals surface area contributed by atoms with Gasteiger partial charge in [-0.25, -0.2) is 0 Å². The minimum Gasteiger partial charge on any atom is -0.481 e. The Hall–Kier alpha value is -1.13. The van der Waals surface area contributed by atoms with Crippen LogP contribution in [0.15, 0.2) is 24.3 Å². The second-order valence-electron chi connectivity index (χ2n) is 5.71. The van der Waals surface area contributed by atoms with Crippen LogP contribution in [0.5, 0.6) is 0 Å². The average molecular weight is 312 g/mol. The number of hydrogen-bond donors (Lipinski definition) is 3. The largest absolute Gasteiger partial charge is 0.481 e. The Morgan fingerprint density at radius 1 is 0.955 bits per heavy atom. The molecule has 0 aromatic carbocycles. The van der Waals surface area contributed by atoms with Gasteiger partial charge in [-0.15, -0.1) is 0 Å². The Balaban J connectivity index is 3.63. The van der Waals surface area contributed by atoms with E-state index in [-0.39, 0.29) is 6.42 Å². The predicted octanol–water partition coefficient (Wildman–Crippen LogP) is 3.83. The van der Waals surface area contributed by atoms with Gasteiger partial charge in [-0.1, -0.05) is 63.3 Å². The lowest BCUT2D eigenvalue weighted by Gasteiger charge is -2.06. The van der Waals surface area contributed by atoms with Crippen molar-refractivity contribution in [3.63, 3.8) is 0 Å². The Bertz CT molecular complexity index is 323. The Morgan fingerprint density at radius 2 is 1.68 bits per heavy atom. The van der Waals surface area contributed by atoms with Gasteiger partial charge in [0, 0.05) is 6.42 Å². The van der Waals surface area contributed by atoms with Gasteiger partial charge in [0.05, 0.1) is 12.2 Å². The van der Waals surface area contributed by atoms with Crippen LogP contribution in [0.4, 0.5) is 0 Å². The van der Waals surface area contributed by atoms with Gasteiger partial charge in [-0.3, -0.25) is 4.79 Å². The summed E-state index contributed by atoms with van der Waals surface area (Å²) in [5, 5.41) is 28.0. The van der Waals surface area contributed by atoms with Crippen LogP contribution in [0, 0.1) is 0 Å². The van der Waals surface area contributed by atoms with Crippen molar-refractivity contribution in [2.75, 3.05) is 0 Å². The molecular formula is C18H32O4. The molecule has 3 N–H and O–H groups in total. The monoisotopic (exact) mass is 312 g/mol. The number of aliphatic hydroxyl groups is 2. The molecule has 0 bridgehead atoms. The second-order valence-corrected chi connectivity index (χ2v) is 5.71. The highest BCUT2D eigenvalue weighted by molar-refractivity contribution is 5.66. The molecule has 0 heterocycles. The van der Waals surface area contributed by atoms with Crippen LogP contribution in [-0.4, -0.2) is 33.5 Å². The van der Waals surface area contributed by atoms with Gasteiger partial charge in [-0.2, -0.15) is 0 Å². The van der Waals surface area contributed by atoms with Gasteiger partial charge in [0.15, 0.2) is 0 Å². The first-order valence-corrected chi connectivity index (χ1v) is 8.49. The molecule has 0 aliphatic heterocycles. The molecule has 2 atom stereocenters. The number of aliphatic hydroxyl groups excluding tert-OH is 2. The molecule has 0 spiro atoms. The van der Waals surface area contributed by atoms with Gasteiger partial charge >= 0.3 is 5.97 Å². The number of aliphatic carboxylic acids is 1. The summed E-state index contributed by atoms with van der Waals surface area (Å²) in [4.78, 5) is 10.3. The van der Waals surface area contributed by atoms with Crippen LogP contribution in [0.1, 0.15) is 71.1 Å². The molecule has 0 aromatic rings. The zero-order valence-corrected chi connectivity index (χ0v) is 13.8. The van der Waals surface area contributed by atoms with Crippen molar-refractivity contribution in [3.8, 4) is 0 Å². The Labute approximate surface area is 134 Å². The number of carbonyl (C=O) groups is 1. The SMILES string of the molecule is CCCCCC=C[C@H](O)C=C[C@H](O)CCCCCCC(=O)O. The zero-order valence-electron chi connectivity index (χ0n) is 13.8. The van der Waals surface area contributed by atoms with Crippen LogP contribution in [-0.2, 0) is 4.79 Å². The fourth-order valence-electron chi connectivity index (χ4n) is 2.13. The zero-order chi connectivity index (χ0) is 16.6. The molecule has 0 aliphatic carbocycles. The van der Waals surface area contributed by atoms with Gasteiger partial charge in [-0.05, 0) is 25.7 Å². The van der Waals surface area contributed by atoms with E-state index in [2.05, 4.69) is 6.92 Å². The molecule has 0 saturated carbocycles. The lowest BCUT2D eigenvalue weighted by Crippen LogP contribution is -2.05. The van der Waals surface area contributed by atoms with Crippen LogP contribution in [0.25, 0.3) is 0 Å². The van der Waals surface area contributed by atoms with Crippen molar-refractivity contribution in [3.05, 3.63) is 24.3 Å². The van der Waals surface area contributed by atoms with Crippen molar-refractivity contribution >= 4 is 5.97 Å². The van der Waals surface area contributed by atoms with Gasteiger partial charge < -0.3 is 15.3 Å². The van der Waals surface area contributed by atoms with E-state index < -0.39 is 18.2 Å². The molecule has 0 aromatic heterocycles. The quantitative estimate of drug-likeness (QED) is 0.336. The van der Waals surface area contributed by atoms with E-state index in [4.69, 9.17) is 5.11 Å². The smallest absolute Gasteiger partial charge is 0.303 e. The van der Waals surface area contributed by atoms with Crippen LogP contribution >= 0.6 is 0 Å². The van der Waals surface area contributed by atoms with Gasteiger partial charge in [0.2, 0.25) is 0 Å². The molecule has 0 aliphatic rings. The first kappa shape index (κ1) is 20.9. The van der Waals surface area contributed by atoms with E-state index in [1.807, 2.05) is 6.08 Å². The number of unbranched alkanes of at least 4 members (excludes halogenated alkanes) is 6. The molecule has 0 radical (unpaired) electrons. The molecule has 22 heavy (non-hydrogen) atoms. The van der Waals surface area contributed by atoms with E-state index in [1.54, 1.807) is 18.2 Å². The van der Waals surface area contributed by atoms with Crippen molar-refractivity contribution in [1.29, 1.82) is 0 Å². The van der Waals surface area contributed by atoms with E-state index in [0.29, 0.717) is 12.8 Å². The molecule has 128 valence electrons. The molecule has 0 fully saturated rings. The first-order chi connectivity index (χ1) is 10.6. The summed E-state index contributed by atoms with van der Waals surface area (Å²) in [6.07, 6.45) is 14.6. The minimum absolute atomic E-state index is 0.221. The normalized spacial score (nSPS) is 14.7. The van der Waals surface area contributed by atoms with Gasteiger partial charge in [0.1, 0.15) is 0 Å². The van der Waals surface area contributed by atoms with Crippen molar-refractivity contribution in [2.24, 2.45) is 0 Å². The summed E-state index contributed by atoms with van der Waals surface area (Å²) in [6, 6.07) is 0. The summed E-state index contributed by atoms with van der Waals surface area (Å²) in [6.45, 7) is 2.16. The number of rotatable bonds is 14. The van der Waals surface area contributed by atoms with Crippen molar-refractivity contribution in [1.82, 2.24) is 0 Å². The lowest BCUT2D eigenvalue weighted by molar-refractivity contribution is -0.137. The fraction of sp³-hybridized carbons (Fsp3) is 0.722. The van der Waals surface area contributed by atoms with Crippen LogP contribution < -0.4 is 0 Å². The van der Waals surface area contributed by atoms with Crippen molar-refractivity contribution < 1.29 is 20.1 Å². The third-order valence-electron chi connectivity index (χ3n) is 3.48. The maximum atomic E-state index is 10.3. The molecule has 0 saturated heterocycles. The maximum absolute atomic E-state index is 10.3. The van der Waals surface area contributed by atoms with E-state index in [0.717, 1.165) is 32.1 Å². The maximum Gasteiger partial charge on any atom is 0.303 e. The molecule has 0 unspecified atom stereocenters. The third-order valence-corrected chi connectivity index (χ3v) is 3.48. The second kappa shape index (κ2) is 14.8. The van der Waals surface area contributed by atoms with E-state index in [1.165, 1.54) is 12.8 Å². The summed E-state index contributed by atoms with van der Waals surface area (Å²) in [5.74, 6) is -0.750. The van der Waals surface area contributed by atoms with Crippen LogP contribution in [0.3, 0.4) is 0 Å². The van der Waals surface area contributed by atoms with E-state index >= 15 is 0 Å². The molecule has 4 nitrogen and oxygen atoms in total. The molecule has 4 heteroatoms. The van der Waals surface area contributed by atoms with Gasteiger partial charge in [0.25, 0.3) is 0 Å². The highest BCUT2D eigenvalue weighted by Gasteiger charge is 2.01. The topological polar surface area (TPSA) is 77.8 Å². The van der Waals surface area contributed by atoms with Crippen molar-refractivity contribution in [2.45, 2.75) is 83.3 Å². The minimum atomic E-state index is -0.750. The summed E-state index contributed by atoms with van der Waals surface area (Å²) in [7, 11) is 0. The average Bonchev–Trinajstić information content (AvgIpc) is 2.48. The number of allylic oxidation sites excluding steroid dienone is 1. The molecule has 0 amide bonds. The Kier molecular flexibility index (Phi) is 14.0. The lowest BCUT2D eigenvalue weighted by atomic mass is 10.1. The van der Waals surface area contributed by atoms with E-state index in [9.17, 15) is 15.0 Å². The Morgan fingerprint density at radius 3 is 2.36 bits per heavy atom. The summed E-state index contributed by atoms with van der Waals surface area (Å²) < 4.78 is 0. The molecule has 0 rings (SSSR count). The molecular weight excluding hydrogens is 280 g/mol. The standard InChI is InChI=1S/C18H32O4/c1-2-3-4-5-8-11-16(19)14-15-17(20)12-9-6-7-10-13-18(21)22/h8,11,14-17,19-20H,2-7,9-10,12-13H2,1H3,(H,21,22)/t16-,17+/m0/s1. The highest BCUT2D eigenvalue weighted by Crippen LogP contribution is 2.09. The summed E-state index contributed by atoms with van der Waals surface area (Å²) >= 11 is 0. The first-order valence-electron chi connectivity index (χ1n) is 8.49. The highest BCUT2D eigenvalue weighted by atomic mass is 16.4.